The van der Waals surface area contributed by atoms with Crippen LogP contribution in [0.25, 0.3) is 0 Å². The lowest BCUT2D eigenvalue weighted by molar-refractivity contribution is 0.102. The van der Waals surface area contributed by atoms with Gasteiger partial charge in [0.25, 0.3) is 5.91 Å². The van der Waals surface area contributed by atoms with Crippen LogP contribution < -0.4 is 15.0 Å². The van der Waals surface area contributed by atoms with E-state index >= 15 is 0 Å². The standard InChI is InChI=1S/C23H27N3O4S/c1-16-7-8-20-18(13-16)24-23(27)17-14-22(31(28,29)26-11-5-6-12-26)19(15-21(17)30-20)25-9-3-2-4-10-25/h7-8,13-15H,2-6,9-12H2,1H3,(H,24,27). The van der Waals surface area contributed by atoms with Gasteiger partial charge in [0, 0.05) is 32.2 Å². The summed E-state index contributed by atoms with van der Waals surface area (Å²) in [4.78, 5) is 15.4. The van der Waals surface area contributed by atoms with Crippen molar-refractivity contribution in [3.63, 3.8) is 0 Å². The summed E-state index contributed by atoms with van der Waals surface area (Å²) >= 11 is 0. The summed E-state index contributed by atoms with van der Waals surface area (Å²) in [5, 5.41) is 2.88. The molecular formula is C23H27N3O4S. The third-order valence-electron chi connectivity index (χ3n) is 6.29. The van der Waals surface area contributed by atoms with Gasteiger partial charge in [-0.1, -0.05) is 6.07 Å². The summed E-state index contributed by atoms with van der Waals surface area (Å²) in [7, 11) is -3.71. The fraction of sp³-hybridized carbons (Fsp3) is 0.435. The first kappa shape index (κ1) is 20.3. The summed E-state index contributed by atoms with van der Waals surface area (Å²) in [5.41, 5.74) is 2.46. The Morgan fingerprint density at radius 2 is 1.61 bits per heavy atom. The molecule has 0 radical (unpaired) electrons. The molecule has 0 aromatic heterocycles. The van der Waals surface area contributed by atoms with Crippen molar-refractivity contribution < 1.29 is 17.9 Å². The molecule has 7 nitrogen and oxygen atoms in total. The molecule has 0 saturated carbocycles. The molecule has 2 saturated heterocycles. The molecule has 3 aliphatic rings. The van der Waals surface area contributed by atoms with Crippen molar-refractivity contribution in [3.05, 3.63) is 41.5 Å². The molecule has 1 amide bonds. The quantitative estimate of drug-likeness (QED) is 0.775. The number of ether oxygens (including phenoxy) is 1. The number of fused-ring (bicyclic) bond motifs is 2. The fourth-order valence-electron chi connectivity index (χ4n) is 4.61. The molecule has 3 aliphatic heterocycles. The Morgan fingerprint density at radius 1 is 0.903 bits per heavy atom. The van der Waals surface area contributed by atoms with Crippen LogP contribution in [-0.2, 0) is 10.0 Å². The van der Waals surface area contributed by atoms with Crippen molar-refractivity contribution in [3.8, 4) is 11.5 Å². The first-order valence-electron chi connectivity index (χ1n) is 11.0. The summed E-state index contributed by atoms with van der Waals surface area (Å²) in [5.74, 6) is 0.584. The minimum Gasteiger partial charge on any atom is -0.454 e. The summed E-state index contributed by atoms with van der Waals surface area (Å²) in [6.45, 7) is 4.57. The second-order valence-corrected chi connectivity index (χ2v) is 10.4. The predicted octanol–water partition coefficient (Wildman–Crippen LogP) is 4.13. The first-order valence-corrected chi connectivity index (χ1v) is 12.4. The Hall–Kier alpha value is -2.58. The predicted molar refractivity (Wildman–Crippen MR) is 120 cm³/mol. The normalized spacial score (nSPS) is 19.3. The average molecular weight is 442 g/mol. The maximum absolute atomic E-state index is 13.6. The molecule has 1 N–H and O–H groups in total. The van der Waals surface area contributed by atoms with Crippen LogP contribution in [0.4, 0.5) is 11.4 Å². The van der Waals surface area contributed by atoms with Crippen LogP contribution in [0.15, 0.2) is 35.2 Å². The highest BCUT2D eigenvalue weighted by Gasteiger charge is 2.34. The largest absolute Gasteiger partial charge is 0.454 e. The van der Waals surface area contributed by atoms with E-state index in [0.29, 0.717) is 36.0 Å². The van der Waals surface area contributed by atoms with Gasteiger partial charge in [0.15, 0.2) is 5.75 Å². The van der Waals surface area contributed by atoms with Gasteiger partial charge in [-0.05, 0) is 62.8 Å². The molecule has 0 spiro atoms. The zero-order valence-electron chi connectivity index (χ0n) is 17.7. The van der Waals surface area contributed by atoms with E-state index in [4.69, 9.17) is 4.74 Å². The SMILES string of the molecule is Cc1ccc2c(c1)NC(=O)c1cc(S(=O)(=O)N3CCCC3)c(N3CCCCC3)cc1O2. The molecule has 3 heterocycles. The highest BCUT2D eigenvalue weighted by Crippen LogP contribution is 2.42. The Labute approximate surface area is 183 Å². The van der Waals surface area contributed by atoms with Gasteiger partial charge in [-0.3, -0.25) is 4.79 Å². The van der Waals surface area contributed by atoms with Gasteiger partial charge in [0.2, 0.25) is 10.0 Å². The number of carbonyl (C=O) groups excluding carboxylic acids is 1. The van der Waals surface area contributed by atoms with Crippen LogP contribution in [-0.4, -0.2) is 44.8 Å². The Bertz CT molecular complexity index is 1130. The van der Waals surface area contributed by atoms with Gasteiger partial charge in [-0.25, -0.2) is 8.42 Å². The van der Waals surface area contributed by atoms with E-state index in [9.17, 15) is 13.2 Å². The minimum atomic E-state index is -3.71. The number of piperidine rings is 1. The number of rotatable bonds is 3. The molecular weight excluding hydrogens is 414 g/mol. The number of nitrogens with zero attached hydrogens (tertiary/aromatic N) is 2. The number of carbonyl (C=O) groups is 1. The molecule has 8 heteroatoms. The molecule has 0 atom stereocenters. The van der Waals surface area contributed by atoms with E-state index in [0.717, 1.165) is 50.8 Å². The lowest BCUT2D eigenvalue weighted by atomic mass is 10.1. The third-order valence-corrected chi connectivity index (χ3v) is 8.22. The molecule has 31 heavy (non-hydrogen) atoms. The number of aryl methyl sites for hydroxylation is 1. The lowest BCUT2D eigenvalue weighted by Crippen LogP contribution is -2.34. The number of hydrogen-bond acceptors (Lipinski definition) is 5. The molecule has 164 valence electrons. The first-order chi connectivity index (χ1) is 14.9. The van der Waals surface area contributed by atoms with E-state index in [1.807, 2.05) is 25.1 Å². The number of hydrogen-bond donors (Lipinski definition) is 1. The van der Waals surface area contributed by atoms with Gasteiger partial charge in [0.1, 0.15) is 10.6 Å². The summed E-state index contributed by atoms with van der Waals surface area (Å²) in [6.07, 6.45) is 4.90. The Balaban J connectivity index is 1.66. The highest BCUT2D eigenvalue weighted by molar-refractivity contribution is 7.89. The van der Waals surface area contributed by atoms with Crippen molar-refractivity contribution >= 4 is 27.3 Å². The van der Waals surface area contributed by atoms with Gasteiger partial charge in [0.05, 0.1) is 16.9 Å². The molecule has 2 fully saturated rings. The molecule has 0 aliphatic carbocycles. The van der Waals surface area contributed by atoms with Crippen molar-refractivity contribution in [2.24, 2.45) is 0 Å². The Morgan fingerprint density at radius 3 is 2.35 bits per heavy atom. The third kappa shape index (κ3) is 3.68. The average Bonchev–Trinajstić information content (AvgIpc) is 3.27. The maximum Gasteiger partial charge on any atom is 0.259 e. The number of amides is 1. The molecule has 0 bridgehead atoms. The van der Waals surface area contributed by atoms with Crippen molar-refractivity contribution in [1.29, 1.82) is 0 Å². The Kier molecular flexibility index (Phi) is 5.14. The second-order valence-electron chi connectivity index (χ2n) is 8.53. The topological polar surface area (TPSA) is 79.0 Å². The zero-order valence-corrected chi connectivity index (χ0v) is 18.5. The minimum absolute atomic E-state index is 0.205. The van der Waals surface area contributed by atoms with Crippen molar-refractivity contribution in [1.82, 2.24) is 4.31 Å². The van der Waals surface area contributed by atoms with Crippen LogP contribution in [0, 0.1) is 6.92 Å². The van der Waals surface area contributed by atoms with Crippen molar-refractivity contribution in [2.45, 2.75) is 43.9 Å². The van der Waals surface area contributed by atoms with Gasteiger partial charge in [-0.15, -0.1) is 0 Å². The summed E-state index contributed by atoms with van der Waals surface area (Å²) < 4.78 is 34.8. The zero-order chi connectivity index (χ0) is 21.6. The monoisotopic (exact) mass is 441 g/mol. The van der Waals surface area contributed by atoms with Crippen LogP contribution in [0.2, 0.25) is 0 Å². The van der Waals surface area contributed by atoms with Gasteiger partial charge in [-0.2, -0.15) is 4.31 Å². The van der Waals surface area contributed by atoms with Gasteiger partial charge >= 0.3 is 0 Å². The van der Waals surface area contributed by atoms with E-state index in [-0.39, 0.29) is 16.4 Å². The van der Waals surface area contributed by atoms with E-state index in [1.54, 1.807) is 6.07 Å². The lowest BCUT2D eigenvalue weighted by Gasteiger charge is -2.32. The highest BCUT2D eigenvalue weighted by atomic mass is 32.2. The fourth-order valence-corrected chi connectivity index (χ4v) is 6.34. The second kappa shape index (κ2) is 7.84. The molecule has 0 unspecified atom stereocenters. The number of sulfonamides is 1. The van der Waals surface area contributed by atoms with Crippen molar-refractivity contribution in [2.75, 3.05) is 36.4 Å². The number of anilines is 2. The van der Waals surface area contributed by atoms with Crippen LogP contribution in [0.5, 0.6) is 11.5 Å². The molecule has 5 rings (SSSR count). The maximum atomic E-state index is 13.6. The van der Waals surface area contributed by atoms with Crippen LogP contribution in [0.1, 0.15) is 48.0 Å². The van der Waals surface area contributed by atoms with Crippen LogP contribution in [0.3, 0.4) is 0 Å². The molecule has 2 aromatic rings. The van der Waals surface area contributed by atoms with Crippen LogP contribution >= 0.6 is 0 Å². The smallest absolute Gasteiger partial charge is 0.259 e. The molecule has 2 aromatic carbocycles. The number of benzene rings is 2. The number of nitrogens with one attached hydrogen (secondary N) is 1. The van der Waals surface area contributed by atoms with E-state index < -0.39 is 10.0 Å². The summed E-state index contributed by atoms with van der Waals surface area (Å²) in [6, 6.07) is 8.87. The van der Waals surface area contributed by atoms with Gasteiger partial charge < -0.3 is 15.0 Å². The van der Waals surface area contributed by atoms with E-state index in [1.165, 1.54) is 10.4 Å². The van der Waals surface area contributed by atoms with E-state index in [2.05, 4.69) is 10.2 Å².